The third-order valence-electron chi connectivity index (χ3n) is 5.24. The molecule has 1 heterocycles. The molecule has 1 fully saturated rings. The van der Waals surface area contributed by atoms with Gasteiger partial charge in [0.25, 0.3) is 11.6 Å². The van der Waals surface area contributed by atoms with Gasteiger partial charge in [0.15, 0.2) is 0 Å². The fourth-order valence-electron chi connectivity index (χ4n) is 3.69. The fraction of sp³-hybridized carbons (Fsp3) is 0.364. The molecule has 9 heteroatoms. The molecule has 0 saturated carbocycles. The van der Waals surface area contributed by atoms with Crippen molar-refractivity contribution < 1.29 is 24.0 Å². The minimum absolute atomic E-state index is 0.132. The Labute approximate surface area is 180 Å². The minimum Gasteiger partial charge on any atom is -0.496 e. The lowest BCUT2D eigenvalue weighted by atomic mass is 10.1. The molecule has 1 aliphatic heterocycles. The first-order valence-corrected chi connectivity index (χ1v) is 10.0. The van der Waals surface area contributed by atoms with E-state index in [0.29, 0.717) is 43.2 Å². The Morgan fingerprint density at radius 1 is 1.13 bits per heavy atom. The summed E-state index contributed by atoms with van der Waals surface area (Å²) in [7, 11) is 1.54. The molecule has 31 heavy (non-hydrogen) atoms. The van der Waals surface area contributed by atoms with E-state index >= 15 is 0 Å². The highest BCUT2D eigenvalue weighted by molar-refractivity contribution is 5.97. The lowest BCUT2D eigenvalue weighted by Crippen LogP contribution is -2.49. The number of rotatable bonds is 6. The molecule has 0 spiro atoms. The van der Waals surface area contributed by atoms with Gasteiger partial charge >= 0.3 is 5.97 Å². The Morgan fingerprint density at radius 3 is 2.45 bits per heavy atom. The number of carbonyl (C=O) groups excluding carboxylic acids is 2. The number of aryl methyl sites for hydroxylation is 1. The SMILES string of the molecule is CCOC(=O)c1ccc(N2CCN(C(=O)c3cccc(C)c3OC)CC2)c([N+](=O)[O-])c1. The molecular weight excluding hydrogens is 402 g/mol. The number of nitro groups is 1. The van der Waals surface area contributed by atoms with Crippen LogP contribution in [0.2, 0.25) is 0 Å². The van der Waals surface area contributed by atoms with Crippen molar-refractivity contribution in [3.05, 3.63) is 63.2 Å². The lowest BCUT2D eigenvalue weighted by Gasteiger charge is -2.36. The van der Waals surface area contributed by atoms with Crippen molar-refractivity contribution >= 4 is 23.3 Å². The van der Waals surface area contributed by atoms with Gasteiger partial charge in [-0.15, -0.1) is 0 Å². The van der Waals surface area contributed by atoms with Crippen molar-refractivity contribution in [3.8, 4) is 5.75 Å². The van der Waals surface area contributed by atoms with Crippen LogP contribution in [-0.2, 0) is 4.74 Å². The summed E-state index contributed by atoms with van der Waals surface area (Å²) in [6.45, 7) is 5.43. The molecule has 0 bridgehead atoms. The monoisotopic (exact) mass is 427 g/mol. The van der Waals surface area contributed by atoms with Crippen molar-refractivity contribution in [2.75, 3.05) is 44.8 Å². The first-order valence-electron chi connectivity index (χ1n) is 10.0. The Morgan fingerprint density at radius 2 is 1.84 bits per heavy atom. The standard InChI is InChI=1S/C22H25N3O6/c1-4-31-22(27)16-8-9-18(19(14-16)25(28)29)23-10-12-24(13-11-23)21(26)17-7-5-6-15(2)20(17)30-3/h5-9,14H,4,10-13H2,1-3H3. The molecule has 0 unspecified atom stereocenters. The van der Waals surface area contributed by atoms with Crippen molar-refractivity contribution in [1.29, 1.82) is 0 Å². The maximum Gasteiger partial charge on any atom is 0.338 e. The van der Waals surface area contributed by atoms with E-state index in [1.807, 2.05) is 24.0 Å². The minimum atomic E-state index is -0.598. The summed E-state index contributed by atoms with van der Waals surface area (Å²) in [5.41, 5.74) is 1.77. The van der Waals surface area contributed by atoms with E-state index in [-0.39, 0.29) is 23.8 Å². The maximum absolute atomic E-state index is 13.0. The van der Waals surface area contributed by atoms with E-state index < -0.39 is 10.9 Å². The van der Waals surface area contributed by atoms with Crippen LogP contribution >= 0.6 is 0 Å². The summed E-state index contributed by atoms with van der Waals surface area (Å²) in [4.78, 5) is 39.6. The molecule has 164 valence electrons. The predicted octanol–water partition coefficient (Wildman–Crippen LogP) is 3.05. The zero-order valence-electron chi connectivity index (χ0n) is 17.8. The van der Waals surface area contributed by atoms with Crippen molar-refractivity contribution in [2.24, 2.45) is 0 Å². The summed E-state index contributed by atoms with van der Waals surface area (Å²) in [5.74, 6) is -0.174. The van der Waals surface area contributed by atoms with E-state index in [4.69, 9.17) is 9.47 Å². The number of hydrogen-bond acceptors (Lipinski definition) is 7. The fourth-order valence-corrected chi connectivity index (χ4v) is 3.69. The highest BCUT2D eigenvalue weighted by Gasteiger charge is 2.28. The predicted molar refractivity (Wildman–Crippen MR) is 115 cm³/mol. The van der Waals surface area contributed by atoms with E-state index in [2.05, 4.69) is 0 Å². The average molecular weight is 427 g/mol. The quantitative estimate of drug-likeness (QED) is 0.397. The van der Waals surface area contributed by atoms with Crippen LogP contribution in [0, 0.1) is 17.0 Å². The number of ether oxygens (including phenoxy) is 2. The van der Waals surface area contributed by atoms with Gasteiger partial charge in [0.2, 0.25) is 0 Å². The number of amides is 1. The van der Waals surface area contributed by atoms with Gasteiger partial charge in [0, 0.05) is 32.2 Å². The van der Waals surface area contributed by atoms with Gasteiger partial charge in [-0.3, -0.25) is 14.9 Å². The number of anilines is 1. The topological polar surface area (TPSA) is 102 Å². The van der Waals surface area contributed by atoms with Gasteiger partial charge in [-0.2, -0.15) is 0 Å². The lowest BCUT2D eigenvalue weighted by molar-refractivity contribution is -0.384. The number of esters is 1. The number of piperazine rings is 1. The third-order valence-corrected chi connectivity index (χ3v) is 5.24. The molecule has 0 aliphatic carbocycles. The van der Waals surface area contributed by atoms with Gasteiger partial charge in [-0.1, -0.05) is 12.1 Å². The number of nitrogens with zero attached hydrogens (tertiary/aromatic N) is 3. The molecule has 3 rings (SSSR count). The van der Waals surface area contributed by atoms with Crippen LogP contribution in [-0.4, -0.2) is 61.6 Å². The Balaban J connectivity index is 1.76. The second-order valence-electron chi connectivity index (χ2n) is 7.12. The van der Waals surface area contributed by atoms with Gasteiger partial charge < -0.3 is 19.3 Å². The van der Waals surface area contributed by atoms with Crippen molar-refractivity contribution in [1.82, 2.24) is 4.90 Å². The number of hydrogen-bond donors (Lipinski definition) is 0. The maximum atomic E-state index is 13.0. The Bertz CT molecular complexity index is 999. The van der Waals surface area contributed by atoms with Crippen LogP contribution < -0.4 is 9.64 Å². The number of nitro benzene ring substituents is 1. The molecule has 2 aromatic carbocycles. The van der Waals surface area contributed by atoms with Gasteiger partial charge in [-0.05, 0) is 37.6 Å². The van der Waals surface area contributed by atoms with Crippen LogP contribution in [0.15, 0.2) is 36.4 Å². The number of carbonyl (C=O) groups is 2. The highest BCUT2D eigenvalue weighted by atomic mass is 16.6. The van der Waals surface area contributed by atoms with E-state index in [0.717, 1.165) is 5.56 Å². The molecule has 2 aromatic rings. The van der Waals surface area contributed by atoms with E-state index in [1.165, 1.54) is 19.2 Å². The third kappa shape index (κ3) is 4.60. The molecule has 1 saturated heterocycles. The first-order chi connectivity index (χ1) is 14.9. The first kappa shape index (κ1) is 22.1. The van der Waals surface area contributed by atoms with Crippen LogP contribution in [0.5, 0.6) is 5.75 Å². The van der Waals surface area contributed by atoms with Crippen LogP contribution in [0.3, 0.4) is 0 Å². The van der Waals surface area contributed by atoms with Crippen LogP contribution in [0.4, 0.5) is 11.4 Å². The number of benzene rings is 2. The van der Waals surface area contributed by atoms with Gasteiger partial charge in [-0.25, -0.2) is 4.79 Å². The summed E-state index contributed by atoms with van der Waals surface area (Å²) in [5, 5.41) is 11.6. The second kappa shape index (κ2) is 9.46. The largest absolute Gasteiger partial charge is 0.496 e. The summed E-state index contributed by atoms with van der Waals surface area (Å²) in [6.07, 6.45) is 0. The molecule has 0 aromatic heterocycles. The van der Waals surface area contributed by atoms with Gasteiger partial charge in [0.1, 0.15) is 11.4 Å². The zero-order valence-corrected chi connectivity index (χ0v) is 17.8. The van der Waals surface area contributed by atoms with Crippen molar-refractivity contribution in [3.63, 3.8) is 0 Å². The molecule has 0 N–H and O–H groups in total. The zero-order chi connectivity index (χ0) is 22.5. The molecule has 0 atom stereocenters. The van der Waals surface area contributed by atoms with Crippen molar-refractivity contribution in [2.45, 2.75) is 13.8 Å². The van der Waals surface area contributed by atoms with Gasteiger partial charge in [0.05, 0.1) is 29.8 Å². The second-order valence-corrected chi connectivity index (χ2v) is 7.12. The Kier molecular flexibility index (Phi) is 6.74. The smallest absolute Gasteiger partial charge is 0.338 e. The van der Waals surface area contributed by atoms with Crippen LogP contribution in [0.25, 0.3) is 0 Å². The average Bonchev–Trinajstić information content (AvgIpc) is 2.78. The Hall–Kier alpha value is -3.62. The molecule has 0 radical (unpaired) electrons. The molecule has 1 aliphatic rings. The van der Waals surface area contributed by atoms with Crippen LogP contribution in [0.1, 0.15) is 33.2 Å². The number of methoxy groups -OCH3 is 1. The highest BCUT2D eigenvalue weighted by Crippen LogP contribution is 2.31. The normalized spacial score (nSPS) is 13.6. The summed E-state index contributed by atoms with van der Waals surface area (Å²) < 4.78 is 10.3. The van der Waals surface area contributed by atoms with E-state index in [9.17, 15) is 19.7 Å². The van der Waals surface area contributed by atoms with E-state index in [1.54, 1.807) is 24.0 Å². The number of para-hydroxylation sites is 1. The summed E-state index contributed by atoms with van der Waals surface area (Å²) in [6, 6.07) is 9.76. The molecule has 9 nitrogen and oxygen atoms in total. The summed E-state index contributed by atoms with van der Waals surface area (Å²) >= 11 is 0. The molecular formula is C22H25N3O6. The molecule has 1 amide bonds.